The van der Waals surface area contributed by atoms with Crippen molar-refractivity contribution >= 4 is 5.97 Å². The van der Waals surface area contributed by atoms with E-state index in [2.05, 4.69) is 0 Å². The summed E-state index contributed by atoms with van der Waals surface area (Å²) in [6.07, 6.45) is 3.41. The molecule has 1 aromatic carbocycles. The second-order valence-electron chi connectivity index (χ2n) is 5.20. The summed E-state index contributed by atoms with van der Waals surface area (Å²) in [5.41, 5.74) is 0.594. The van der Waals surface area contributed by atoms with E-state index in [1.165, 1.54) is 6.92 Å². The Morgan fingerprint density at radius 2 is 1.89 bits per heavy atom. The molecule has 4 heteroatoms. The predicted octanol–water partition coefficient (Wildman–Crippen LogP) is 2.58. The molecular formula is C15H16O4. The van der Waals surface area contributed by atoms with Crippen LogP contribution in [0.4, 0.5) is 0 Å². The molecule has 0 saturated carbocycles. The summed E-state index contributed by atoms with van der Waals surface area (Å²) in [6.45, 7) is 5.14. The molecule has 3 aliphatic rings. The van der Waals surface area contributed by atoms with E-state index in [0.29, 0.717) is 0 Å². The van der Waals surface area contributed by atoms with Crippen molar-refractivity contribution < 1.29 is 19.3 Å². The van der Waals surface area contributed by atoms with E-state index in [0.717, 1.165) is 11.1 Å². The standard InChI is InChI=1S/C15H16O4/c1-10(17-11(2)16)15-9-8-14(3,18-19-15)12-6-4-5-7-13(12)15/h4-10H,1-3H3/t10-,14-,15-/m0/s1. The van der Waals surface area contributed by atoms with Gasteiger partial charge in [-0.2, -0.15) is 0 Å². The fourth-order valence-electron chi connectivity index (χ4n) is 2.78. The van der Waals surface area contributed by atoms with Gasteiger partial charge in [0.25, 0.3) is 0 Å². The van der Waals surface area contributed by atoms with E-state index >= 15 is 0 Å². The largest absolute Gasteiger partial charge is 0.459 e. The third-order valence-corrected chi connectivity index (χ3v) is 3.83. The van der Waals surface area contributed by atoms with Gasteiger partial charge in [0.15, 0.2) is 5.60 Å². The van der Waals surface area contributed by atoms with E-state index in [4.69, 9.17) is 14.5 Å². The highest BCUT2D eigenvalue weighted by Gasteiger charge is 2.53. The SMILES string of the molecule is CC(=O)O[C@@H](C)[C@]12C=C[C@](C)(OO1)c1ccccc12. The van der Waals surface area contributed by atoms with Crippen LogP contribution >= 0.6 is 0 Å². The van der Waals surface area contributed by atoms with Crippen molar-refractivity contribution in [3.05, 3.63) is 47.5 Å². The monoisotopic (exact) mass is 260 g/mol. The maximum atomic E-state index is 11.2. The molecule has 4 nitrogen and oxygen atoms in total. The van der Waals surface area contributed by atoms with Crippen LogP contribution in [0.2, 0.25) is 0 Å². The molecule has 0 N–H and O–H groups in total. The molecule has 2 bridgehead atoms. The normalized spacial score (nSPS) is 32.8. The van der Waals surface area contributed by atoms with Gasteiger partial charge in [-0.05, 0) is 31.6 Å². The third-order valence-electron chi connectivity index (χ3n) is 3.83. The van der Waals surface area contributed by atoms with E-state index in [1.807, 2.05) is 43.3 Å². The topological polar surface area (TPSA) is 44.8 Å². The molecule has 100 valence electrons. The summed E-state index contributed by atoms with van der Waals surface area (Å²) in [5.74, 6) is -0.338. The average molecular weight is 260 g/mol. The Morgan fingerprint density at radius 1 is 1.21 bits per heavy atom. The Morgan fingerprint density at radius 3 is 2.47 bits per heavy atom. The van der Waals surface area contributed by atoms with E-state index in [9.17, 15) is 4.79 Å². The fraction of sp³-hybridized carbons (Fsp3) is 0.400. The minimum absolute atomic E-state index is 0.338. The maximum Gasteiger partial charge on any atom is 0.303 e. The Hall–Kier alpha value is -1.65. The van der Waals surface area contributed by atoms with Gasteiger partial charge in [0, 0.05) is 12.5 Å². The van der Waals surface area contributed by atoms with Crippen LogP contribution in [0.25, 0.3) is 0 Å². The van der Waals surface area contributed by atoms with Crippen LogP contribution in [0.15, 0.2) is 36.4 Å². The van der Waals surface area contributed by atoms with Crippen molar-refractivity contribution in [1.82, 2.24) is 0 Å². The Kier molecular flexibility index (Phi) is 2.56. The van der Waals surface area contributed by atoms with Gasteiger partial charge in [0.05, 0.1) is 0 Å². The molecule has 1 aromatic rings. The van der Waals surface area contributed by atoms with Gasteiger partial charge in [-0.1, -0.05) is 24.3 Å². The minimum atomic E-state index is -0.861. The summed E-state index contributed by atoms with van der Waals surface area (Å²) in [5, 5.41) is 0. The molecule has 3 atom stereocenters. The molecule has 1 aliphatic carbocycles. The fourth-order valence-corrected chi connectivity index (χ4v) is 2.78. The van der Waals surface area contributed by atoms with Crippen molar-refractivity contribution in [3.63, 3.8) is 0 Å². The first kappa shape index (κ1) is 12.4. The van der Waals surface area contributed by atoms with Gasteiger partial charge in [-0.15, -0.1) is 0 Å². The highest BCUT2D eigenvalue weighted by atomic mass is 17.2. The molecule has 4 rings (SSSR count). The molecule has 0 amide bonds. The highest BCUT2D eigenvalue weighted by molar-refractivity contribution is 5.66. The van der Waals surface area contributed by atoms with Gasteiger partial charge in [0.2, 0.25) is 0 Å². The quantitative estimate of drug-likeness (QED) is 0.466. The van der Waals surface area contributed by atoms with Gasteiger partial charge in [0.1, 0.15) is 11.7 Å². The second-order valence-corrected chi connectivity index (χ2v) is 5.20. The summed E-state index contributed by atoms with van der Waals surface area (Å²) in [7, 11) is 0. The average Bonchev–Trinajstić information content (AvgIpc) is 2.39. The van der Waals surface area contributed by atoms with Gasteiger partial charge in [-0.3, -0.25) is 4.79 Å². The molecule has 0 spiro atoms. The van der Waals surface area contributed by atoms with E-state index < -0.39 is 17.3 Å². The first-order chi connectivity index (χ1) is 8.98. The lowest BCUT2D eigenvalue weighted by atomic mass is 9.74. The number of fused-ring (bicyclic) bond motifs is 1. The van der Waals surface area contributed by atoms with Crippen LogP contribution in [0.1, 0.15) is 31.9 Å². The van der Waals surface area contributed by atoms with Gasteiger partial charge >= 0.3 is 5.97 Å². The summed E-state index contributed by atoms with van der Waals surface area (Å²) in [4.78, 5) is 22.3. The smallest absolute Gasteiger partial charge is 0.303 e. The molecule has 2 aliphatic heterocycles. The number of ether oxygens (including phenoxy) is 1. The number of benzene rings is 1. The van der Waals surface area contributed by atoms with Crippen LogP contribution in [0.3, 0.4) is 0 Å². The van der Waals surface area contributed by atoms with Crippen LogP contribution in [0, 0.1) is 0 Å². The second kappa shape index (κ2) is 3.92. The van der Waals surface area contributed by atoms with Crippen molar-refractivity contribution in [2.45, 2.75) is 38.1 Å². The minimum Gasteiger partial charge on any atom is -0.459 e. The summed E-state index contributed by atoms with van der Waals surface area (Å²) >= 11 is 0. The van der Waals surface area contributed by atoms with Crippen molar-refractivity contribution in [1.29, 1.82) is 0 Å². The Bertz CT molecular complexity index is 565. The number of carbonyl (C=O) groups excluding carboxylic acids is 1. The first-order valence-corrected chi connectivity index (χ1v) is 6.32. The maximum absolute atomic E-state index is 11.2. The van der Waals surface area contributed by atoms with E-state index in [1.54, 1.807) is 6.92 Å². The molecule has 0 aromatic heterocycles. The number of hydrogen-bond acceptors (Lipinski definition) is 4. The molecule has 0 radical (unpaired) electrons. The Labute approximate surface area is 111 Å². The van der Waals surface area contributed by atoms with Crippen molar-refractivity contribution in [2.24, 2.45) is 0 Å². The molecule has 0 unspecified atom stereocenters. The van der Waals surface area contributed by atoms with E-state index in [-0.39, 0.29) is 5.97 Å². The van der Waals surface area contributed by atoms with Crippen molar-refractivity contribution in [2.75, 3.05) is 0 Å². The zero-order valence-electron chi connectivity index (χ0n) is 11.2. The van der Waals surface area contributed by atoms with Gasteiger partial charge in [-0.25, -0.2) is 9.78 Å². The summed E-state index contributed by atoms with van der Waals surface area (Å²) in [6, 6.07) is 7.91. The lowest BCUT2D eigenvalue weighted by molar-refractivity contribution is -0.430. The van der Waals surface area contributed by atoms with Crippen LogP contribution in [0.5, 0.6) is 0 Å². The lowest BCUT2D eigenvalue weighted by Gasteiger charge is -2.48. The zero-order valence-corrected chi connectivity index (χ0v) is 11.2. The molecular weight excluding hydrogens is 244 g/mol. The molecule has 0 fully saturated rings. The number of esters is 1. The molecule has 2 heterocycles. The number of hydrogen-bond donors (Lipinski definition) is 0. The number of carbonyl (C=O) groups is 1. The zero-order chi connectivity index (χ0) is 13.7. The lowest BCUT2D eigenvalue weighted by Crippen LogP contribution is -2.52. The van der Waals surface area contributed by atoms with Crippen LogP contribution < -0.4 is 0 Å². The first-order valence-electron chi connectivity index (χ1n) is 6.32. The molecule has 0 saturated heterocycles. The predicted molar refractivity (Wildman–Crippen MR) is 68.0 cm³/mol. The number of rotatable bonds is 2. The Balaban J connectivity index is 2.12. The highest BCUT2D eigenvalue weighted by Crippen LogP contribution is 2.50. The third kappa shape index (κ3) is 1.64. The van der Waals surface area contributed by atoms with Crippen LogP contribution in [-0.2, 0) is 30.5 Å². The van der Waals surface area contributed by atoms with Crippen LogP contribution in [-0.4, -0.2) is 12.1 Å². The van der Waals surface area contributed by atoms with Gasteiger partial charge < -0.3 is 4.74 Å². The van der Waals surface area contributed by atoms with Crippen molar-refractivity contribution in [3.8, 4) is 0 Å². The molecule has 19 heavy (non-hydrogen) atoms. The summed E-state index contributed by atoms with van der Waals surface area (Å²) < 4.78 is 5.30.